The van der Waals surface area contributed by atoms with Crippen molar-refractivity contribution in [2.24, 2.45) is 0 Å². The molecule has 0 aliphatic heterocycles. The minimum Gasteiger partial charge on any atom is -0.370 e. The first-order valence-electron chi connectivity index (χ1n) is 7.10. The third-order valence-corrected chi connectivity index (χ3v) is 2.94. The van der Waals surface area contributed by atoms with E-state index in [0.29, 0.717) is 17.0 Å². The zero-order chi connectivity index (χ0) is 18.4. The molecule has 25 heavy (non-hydrogen) atoms. The summed E-state index contributed by atoms with van der Waals surface area (Å²) in [6, 6.07) is 7.06. The van der Waals surface area contributed by atoms with Crippen LogP contribution < -0.4 is 10.6 Å². The Morgan fingerprint density at radius 2 is 2.08 bits per heavy atom. The summed E-state index contributed by atoms with van der Waals surface area (Å²) in [5, 5.41) is 8.54. The molecule has 0 atom stereocenters. The predicted octanol–water partition coefficient (Wildman–Crippen LogP) is 4.04. The van der Waals surface area contributed by atoms with Crippen LogP contribution in [0.4, 0.5) is 33.9 Å². The Labute approximate surface area is 140 Å². The molecule has 0 aliphatic rings. The van der Waals surface area contributed by atoms with Crippen LogP contribution in [0.15, 0.2) is 34.9 Å². The standard InChI is InChI=1S/C15H15F4N3O3/c1-9-5-12(22-25-9)21-14(23)20-11-4-2-3-10(6-11)7-24-8-15(18,19)13(16)17/h2-6,13H,7-8H2,1H3,(H2,20,21,22,23). The van der Waals surface area contributed by atoms with Crippen LogP contribution in [0.1, 0.15) is 11.3 Å². The molecular weight excluding hydrogens is 346 g/mol. The number of hydrogen-bond acceptors (Lipinski definition) is 4. The van der Waals surface area contributed by atoms with E-state index in [2.05, 4.69) is 20.5 Å². The van der Waals surface area contributed by atoms with Gasteiger partial charge in [-0.1, -0.05) is 17.3 Å². The zero-order valence-electron chi connectivity index (χ0n) is 13.1. The molecule has 0 saturated carbocycles. The fourth-order valence-electron chi connectivity index (χ4n) is 1.81. The number of carbonyl (C=O) groups excluding carboxylic acids is 1. The summed E-state index contributed by atoms with van der Waals surface area (Å²) < 4.78 is 59.0. The lowest BCUT2D eigenvalue weighted by molar-refractivity contribution is -0.168. The molecule has 2 N–H and O–H groups in total. The minimum absolute atomic E-state index is 0.226. The van der Waals surface area contributed by atoms with Crippen molar-refractivity contribution < 1.29 is 31.6 Å². The average molecular weight is 361 g/mol. The number of urea groups is 1. The summed E-state index contributed by atoms with van der Waals surface area (Å²) in [6.07, 6.45) is -3.79. The first-order chi connectivity index (χ1) is 11.8. The molecule has 0 spiro atoms. The molecule has 1 heterocycles. The monoisotopic (exact) mass is 361 g/mol. The van der Waals surface area contributed by atoms with Crippen molar-refractivity contribution >= 4 is 17.5 Å². The lowest BCUT2D eigenvalue weighted by atomic mass is 10.2. The van der Waals surface area contributed by atoms with Crippen molar-refractivity contribution in [3.8, 4) is 0 Å². The highest BCUT2D eigenvalue weighted by Crippen LogP contribution is 2.23. The van der Waals surface area contributed by atoms with Gasteiger partial charge in [-0.25, -0.2) is 13.6 Å². The number of aromatic nitrogens is 1. The molecule has 0 bridgehead atoms. The van der Waals surface area contributed by atoms with Crippen LogP contribution in [-0.4, -0.2) is 30.1 Å². The molecule has 0 aliphatic carbocycles. The van der Waals surface area contributed by atoms with Gasteiger partial charge in [0.2, 0.25) is 0 Å². The summed E-state index contributed by atoms with van der Waals surface area (Å²) in [5.74, 6) is -3.45. The number of anilines is 2. The number of amides is 2. The Hall–Kier alpha value is -2.62. The van der Waals surface area contributed by atoms with Gasteiger partial charge in [-0.15, -0.1) is 0 Å². The molecule has 2 aromatic rings. The van der Waals surface area contributed by atoms with E-state index < -0.39 is 25.0 Å². The zero-order valence-corrected chi connectivity index (χ0v) is 13.1. The second kappa shape index (κ2) is 7.97. The second-order valence-electron chi connectivity index (χ2n) is 5.16. The van der Waals surface area contributed by atoms with Crippen LogP contribution in [0.25, 0.3) is 0 Å². The smallest absolute Gasteiger partial charge is 0.330 e. The molecule has 6 nitrogen and oxygen atoms in total. The number of rotatable bonds is 7. The molecule has 10 heteroatoms. The Morgan fingerprint density at radius 1 is 1.32 bits per heavy atom. The van der Waals surface area contributed by atoms with Crippen molar-refractivity contribution in [2.75, 3.05) is 17.2 Å². The summed E-state index contributed by atoms with van der Waals surface area (Å²) in [6.45, 7) is -0.0344. The van der Waals surface area contributed by atoms with Gasteiger partial charge in [0, 0.05) is 11.8 Å². The van der Waals surface area contributed by atoms with Crippen LogP contribution in [0.5, 0.6) is 0 Å². The van der Waals surface area contributed by atoms with E-state index in [1.54, 1.807) is 25.1 Å². The number of nitrogens with one attached hydrogen (secondary N) is 2. The quantitative estimate of drug-likeness (QED) is 0.730. The van der Waals surface area contributed by atoms with Gasteiger partial charge >= 0.3 is 18.4 Å². The summed E-state index contributed by atoms with van der Waals surface area (Å²) in [5.41, 5.74) is 0.791. The van der Waals surface area contributed by atoms with Crippen molar-refractivity contribution in [3.63, 3.8) is 0 Å². The van der Waals surface area contributed by atoms with Crippen LogP contribution in [0, 0.1) is 6.92 Å². The van der Waals surface area contributed by atoms with E-state index >= 15 is 0 Å². The van der Waals surface area contributed by atoms with E-state index in [1.807, 2.05) is 0 Å². The summed E-state index contributed by atoms with van der Waals surface area (Å²) in [4.78, 5) is 11.8. The maximum absolute atomic E-state index is 12.8. The van der Waals surface area contributed by atoms with Crippen molar-refractivity contribution in [1.29, 1.82) is 0 Å². The van der Waals surface area contributed by atoms with Crippen LogP contribution >= 0.6 is 0 Å². The van der Waals surface area contributed by atoms with Crippen LogP contribution in [0.3, 0.4) is 0 Å². The molecule has 136 valence electrons. The minimum atomic E-state index is -4.20. The van der Waals surface area contributed by atoms with Gasteiger partial charge in [-0.05, 0) is 24.6 Å². The van der Waals surface area contributed by atoms with Gasteiger partial charge in [-0.2, -0.15) is 8.78 Å². The number of halogens is 4. The molecule has 0 unspecified atom stereocenters. The third kappa shape index (κ3) is 5.75. The average Bonchev–Trinajstić information content (AvgIpc) is 2.92. The van der Waals surface area contributed by atoms with Gasteiger partial charge in [-0.3, -0.25) is 5.32 Å². The Morgan fingerprint density at radius 3 is 2.72 bits per heavy atom. The van der Waals surface area contributed by atoms with E-state index in [4.69, 9.17) is 4.52 Å². The highest BCUT2D eigenvalue weighted by Gasteiger charge is 2.40. The van der Waals surface area contributed by atoms with Gasteiger partial charge in [0.25, 0.3) is 0 Å². The molecule has 0 radical (unpaired) electrons. The number of aryl methyl sites for hydroxylation is 1. The van der Waals surface area contributed by atoms with E-state index in [9.17, 15) is 22.4 Å². The maximum Gasteiger partial charge on any atom is 0.330 e. The Bertz CT molecular complexity index is 722. The van der Waals surface area contributed by atoms with Gasteiger partial charge < -0.3 is 14.6 Å². The molecular formula is C15H15F4N3O3. The van der Waals surface area contributed by atoms with Gasteiger partial charge in [0.1, 0.15) is 12.4 Å². The first-order valence-corrected chi connectivity index (χ1v) is 7.10. The van der Waals surface area contributed by atoms with Crippen molar-refractivity contribution in [3.05, 3.63) is 41.7 Å². The first kappa shape index (κ1) is 18.7. The maximum atomic E-state index is 12.8. The topological polar surface area (TPSA) is 76.4 Å². The number of nitrogens with zero attached hydrogens (tertiary/aromatic N) is 1. The van der Waals surface area contributed by atoms with E-state index in [-0.39, 0.29) is 12.4 Å². The molecule has 0 fully saturated rings. The number of hydrogen-bond donors (Lipinski definition) is 2. The van der Waals surface area contributed by atoms with Gasteiger partial charge in [0.05, 0.1) is 6.61 Å². The SMILES string of the molecule is Cc1cc(NC(=O)Nc2cccc(COCC(F)(F)C(F)F)c2)no1. The van der Waals surface area contributed by atoms with Crippen molar-refractivity contribution in [1.82, 2.24) is 5.16 Å². The fourth-order valence-corrected chi connectivity index (χ4v) is 1.81. The molecule has 0 saturated heterocycles. The van der Waals surface area contributed by atoms with Gasteiger partial charge in [0.15, 0.2) is 5.82 Å². The van der Waals surface area contributed by atoms with Crippen LogP contribution in [0.2, 0.25) is 0 Å². The largest absolute Gasteiger partial charge is 0.370 e. The normalized spacial score (nSPS) is 11.6. The highest BCUT2D eigenvalue weighted by atomic mass is 19.3. The van der Waals surface area contributed by atoms with E-state index in [0.717, 1.165) is 0 Å². The lowest BCUT2D eigenvalue weighted by Crippen LogP contribution is -2.32. The Kier molecular flexibility index (Phi) is 5.97. The number of benzene rings is 1. The number of carbonyl (C=O) groups is 1. The summed E-state index contributed by atoms with van der Waals surface area (Å²) in [7, 11) is 0. The molecule has 1 aromatic carbocycles. The highest BCUT2D eigenvalue weighted by molar-refractivity contribution is 5.99. The van der Waals surface area contributed by atoms with Crippen molar-refractivity contribution in [2.45, 2.75) is 25.9 Å². The molecule has 1 aromatic heterocycles. The molecule has 2 amide bonds. The third-order valence-electron chi connectivity index (χ3n) is 2.94. The second-order valence-corrected chi connectivity index (χ2v) is 5.16. The Balaban J connectivity index is 1.87. The fraction of sp³-hybridized carbons (Fsp3) is 0.333. The molecule has 2 rings (SSSR count). The number of ether oxygens (including phenoxy) is 1. The van der Waals surface area contributed by atoms with Crippen LogP contribution in [-0.2, 0) is 11.3 Å². The van der Waals surface area contributed by atoms with E-state index in [1.165, 1.54) is 12.1 Å². The number of alkyl halides is 4. The predicted molar refractivity (Wildman–Crippen MR) is 80.9 cm³/mol. The lowest BCUT2D eigenvalue weighted by Gasteiger charge is -2.15. The summed E-state index contributed by atoms with van der Waals surface area (Å²) >= 11 is 0.